The Labute approximate surface area is 187 Å². The van der Waals surface area contributed by atoms with E-state index in [4.69, 9.17) is 0 Å². The Hall–Kier alpha value is -2.87. The zero-order chi connectivity index (χ0) is 22.2. The van der Waals surface area contributed by atoms with Crippen molar-refractivity contribution in [3.8, 4) is 0 Å². The van der Waals surface area contributed by atoms with Crippen LogP contribution >= 0.6 is 0 Å². The number of allylic oxidation sites excluding steroid dienone is 6. The van der Waals surface area contributed by atoms with E-state index < -0.39 is 0 Å². The van der Waals surface area contributed by atoms with E-state index in [1.165, 1.54) is 33.9 Å². The molecular weight excluding hydrogens is 376 g/mol. The molecule has 2 heterocycles. The smallest absolute Gasteiger partial charge is 0.209 e. The Bertz CT molecular complexity index is 1110. The molecule has 0 radical (unpaired) electrons. The second-order valence-corrected chi connectivity index (χ2v) is 9.68. The molecule has 0 N–H and O–H groups in total. The Morgan fingerprint density at radius 1 is 0.839 bits per heavy atom. The van der Waals surface area contributed by atoms with Crippen LogP contribution in [0.5, 0.6) is 0 Å². The van der Waals surface area contributed by atoms with E-state index in [0.29, 0.717) is 0 Å². The van der Waals surface area contributed by atoms with Gasteiger partial charge in [-0.3, -0.25) is 0 Å². The van der Waals surface area contributed by atoms with E-state index in [2.05, 4.69) is 130 Å². The Balaban J connectivity index is 1.59. The summed E-state index contributed by atoms with van der Waals surface area (Å²) in [5.41, 5.74) is 8.20. The highest BCUT2D eigenvalue weighted by Crippen LogP contribution is 2.47. The van der Waals surface area contributed by atoms with Crippen LogP contribution in [0, 0.1) is 0 Å². The van der Waals surface area contributed by atoms with Gasteiger partial charge in [-0.1, -0.05) is 75.4 Å². The van der Waals surface area contributed by atoms with E-state index in [-0.39, 0.29) is 10.8 Å². The van der Waals surface area contributed by atoms with Crippen LogP contribution in [0.15, 0.2) is 84.6 Å². The first-order valence-corrected chi connectivity index (χ1v) is 11.4. The fourth-order valence-corrected chi connectivity index (χ4v) is 5.26. The molecule has 0 bridgehead atoms. The molecule has 160 valence electrons. The number of para-hydroxylation sites is 2. The molecule has 0 spiro atoms. The van der Waals surface area contributed by atoms with Crippen molar-refractivity contribution in [1.29, 1.82) is 0 Å². The normalized spacial score (nSPS) is 20.3. The topological polar surface area (TPSA) is 6.25 Å². The van der Waals surface area contributed by atoms with Gasteiger partial charge in [0.2, 0.25) is 5.69 Å². The summed E-state index contributed by atoms with van der Waals surface area (Å²) in [5.74, 6) is 0. The van der Waals surface area contributed by atoms with Crippen molar-refractivity contribution >= 4 is 17.1 Å². The third-order valence-electron chi connectivity index (χ3n) is 6.92. The molecule has 0 saturated heterocycles. The molecule has 2 aromatic rings. The Morgan fingerprint density at radius 2 is 1.52 bits per heavy atom. The predicted molar refractivity (Wildman–Crippen MR) is 134 cm³/mol. The van der Waals surface area contributed by atoms with Crippen LogP contribution in [0.3, 0.4) is 0 Å². The van der Waals surface area contributed by atoms with E-state index in [1.807, 2.05) is 0 Å². The number of benzene rings is 2. The highest BCUT2D eigenvalue weighted by atomic mass is 15.2. The number of fused-ring (bicyclic) bond motifs is 2. The first-order valence-electron chi connectivity index (χ1n) is 11.4. The molecule has 2 nitrogen and oxygen atoms in total. The first kappa shape index (κ1) is 21.4. The second kappa shape index (κ2) is 8.00. The molecule has 2 aromatic carbocycles. The third kappa shape index (κ3) is 3.48. The average Bonchev–Trinajstić information content (AvgIpc) is 3.08. The molecule has 0 saturated carbocycles. The average molecular weight is 412 g/mol. The van der Waals surface area contributed by atoms with Gasteiger partial charge in [-0.25, -0.2) is 0 Å². The molecule has 0 amide bonds. The standard InChI is InChI=1S/C29H35N2/c1-7-21-31-25-18-14-12-16-23(25)29(4,5)27(31)20-10-8-9-19-26-28(2,3)22-15-11-13-17-24(22)30(26)6/h8-20H,7,21H2,1-6H3/q+1. The van der Waals surface area contributed by atoms with Crippen molar-refractivity contribution in [3.63, 3.8) is 0 Å². The van der Waals surface area contributed by atoms with Crippen molar-refractivity contribution in [2.45, 2.75) is 51.9 Å². The monoisotopic (exact) mass is 411 g/mol. The molecule has 2 aliphatic heterocycles. The van der Waals surface area contributed by atoms with Gasteiger partial charge in [-0.05, 0) is 38.0 Å². The second-order valence-electron chi connectivity index (χ2n) is 9.68. The Morgan fingerprint density at radius 3 is 2.23 bits per heavy atom. The van der Waals surface area contributed by atoms with E-state index in [1.54, 1.807) is 0 Å². The maximum Gasteiger partial charge on any atom is 0.209 e. The van der Waals surface area contributed by atoms with Crippen LogP contribution in [0.1, 0.15) is 52.2 Å². The SMILES string of the molecule is CCCN1/C(=C/C=C/C=C/C2=[N+](C)c3ccccc3C2(C)C)C(C)(C)c2ccccc21. The van der Waals surface area contributed by atoms with Crippen LogP contribution in [0.25, 0.3) is 0 Å². The minimum Gasteiger partial charge on any atom is -0.344 e. The summed E-state index contributed by atoms with van der Waals surface area (Å²) in [6, 6.07) is 17.5. The third-order valence-corrected chi connectivity index (χ3v) is 6.92. The molecule has 0 aliphatic carbocycles. The van der Waals surface area contributed by atoms with Gasteiger partial charge in [0.15, 0.2) is 5.71 Å². The van der Waals surface area contributed by atoms with Crippen molar-refractivity contribution in [3.05, 3.63) is 95.7 Å². The lowest BCUT2D eigenvalue weighted by Crippen LogP contribution is -2.26. The van der Waals surface area contributed by atoms with Gasteiger partial charge >= 0.3 is 0 Å². The molecule has 4 rings (SSSR count). The molecule has 0 unspecified atom stereocenters. The summed E-state index contributed by atoms with van der Waals surface area (Å²) in [7, 11) is 2.17. The summed E-state index contributed by atoms with van der Waals surface area (Å²) in [5, 5.41) is 0. The van der Waals surface area contributed by atoms with Gasteiger partial charge in [0, 0.05) is 41.1 Å². The summed E-state index contributed by atoms with van der Waals surface area (Å²) >= 11 is 0. The number of hydrogen-bond donors (Lipinski definition) is 0. The predicted octanol–water partition coefficient (Wildman–Crippen LogP) is 6.90. The lowest BCUT2D eigenvalue weighted by Gasteiger charge is -2.26. The molecule has 31 heavy (non-hydrogen) atoms. The number of nitrogens with zero attached hydrogens (tertiary/aromatic N) is 2. The molecule has 0 aromatic heterocycles. The maximum absolute atomic E-state index is 2.49. The quantitative estimate of drug-likeness (QED) is 0.383. The van der Waals surface area contributed by atoms with Crippen molar-refractivity contribution in [2.75, 3.05) is 18.5 Å². The van der Waals surface area contributed by atoms with Crippen LogP contribution < -0.4 is 4.90 Å². The zero-order valence-electron chi connectivity index (χ0n) is 19.8. The van der Waals surface area contributed by atoms with E-state index in [9.17, 15) is 0 Å². The first-order chi connectivity index (χ1) is 14.8. The molecule has 0 fully saturated rings. The van der Waals surface area contributed by atoms with Crippen LogP contribution in [0.2, 0.25) is 0 Å². The molecular formula is C29H35N2+. The van der Waals surface area contributed by atoms with Gasteiger partial charge in [-0.15, -0.1) is 0 Å². The van der Waals surface area contributed by atoms with Gasteiger partial charge in [-0.2, -0.15) is 4.58 Å². The van der Waals surface area contributed by atoms with E-state index in [0.717, 1.165) is 13.0 Å². The fourth-order valence-electron chi connectivity index (χ4n) is 5.26. The van der Waals surface area contributed by atoms with Gasteiger partial charge in [0.1, 0.15) is 7.05 Å². The van der Waals surface area contributed by atoms with Crippen molar-refractivity contribution in [1.82, 2.24) is 0 Å². The van der Waals surface area contributed by atoms with Crippen LogP contribution in [-0.4, -0.2) is 23.9 Å². The minimum absolute atomic E-state index is 0.0150. The van der Waals surface area contributed by atoms with Crippen LogP contribution in [0.4, 0.5) is 11.4 Å². The molecule has 0 atom stereocenters. The molecule has 2 aliphatic rings. The van der Waals surface area contributed by atoms with Gasteiger partial charge in [0.25, 0.3) is 0 Å². The lowest BCUT2D eigenvalue weighted by atomic mass is 9.81. The van der Waals surface area contributed by atoms with Crippen molar-refractivity contribution < 1.29 is 4.58 Å². The number of hydrogen-bond acceptors (Lipinski definition) is 1. The largest absolute Gasteiger partial charge is 0.344 e. The highest BCUT2D eigenvalue weighted by molar-refractivity contribution is 6.03. The number of rotatable bonds is 5. The van der Waals surface area contributed by atoms with Gasteiger partial charge in [0.05, 0.1) is 5.41 Å². The fraction of sp³-hybridized carbons (Fsp3) is 0.345. The molecule has 2 heteroatoms. The Kier molecular flexibility index (Phi) is 5.51. The summed E-state index contributed by atoms with van der Waals surface area (Å²) in [6.45, 7) is 12.6. The summed E-state index contributed by atoms with van der Waals surface area (Å²) < 4.78 is 2.32. The zero-order valence-corrected chi connectivity index (χ0v) is 19.8. The van der Waals surface area contributed by atoms with Crippen LogP contribution in [-0.2, 0) is 10.8 Å². The maximum atomic E-state index is 2.49. The highest BCUT2D eigenvalue weighted by Gasteiger charge is 2.42. The van der Waals surface area contributed by atoms with E-state index >= 15 is 0 Å². The van der Waals surface area contributed by atoms with Crippen molar-refractivity contribution in [2.24, 2.45) is 0 Å². The summed E-state index contributed by atoms with van der Waals surface area (Å²) in [4.78, 5) is 2.49. The summed E-state index contributed by atoms with van der Waals surface area (Å²) in [6.07, 6.45) is 12.2. The number of anilines is 1. The lowest BCUT2D eigenvalue weighted by molar-refractivity contribution is -0.401. The minimum atomic E-state index is 0.0150. The van der Waals surface area contributed by atoms with Gasteiger partial charge < -0.3 is 4.90 Å².